The van der Waals surface area contributed by atoms with Gasteiger partial charge in [-0.3, -0.25) is 9.59 Å². The molecule has 2 heterocycles. The number of benzene rings is 1. The van der Waals surface area contributed by atoms with Crippen LogP contribution in [-0.2, 0) is 16.0 Å². The largest absolute Gasteiger partial charge is 0.481 e. The molecule has 1 unspecified atom stereocenters. The molecule has 2 fully saturated rings. The zero-order valence-electron chi connectivity index (χ0n) is 14.6. The summed E-state index contributed by atoms with van der Waals surface area (Å²) < 4.78 is 0. The summed E-state index contributed by atoms with van der Waals surface area (Å²) in [6.45, 7) is 3.34. The Morgan fingerprint density at radius 3 is 2.65 bits per heavy atom. The van der Waals surface area contributed by atoms with E-state index < -0.39 is 5.97 Å². The zero-order valence-corrected chi connectivity index (χ0v) is 14.6. The number of urea groups is 1. The van der Waals surface area contributed by atoms with E-state index in [1.807, 2.05) is 24.3 Å². The van der Waals surface area contributed by atoms with E-state index in [0.29, 0.717) is 39.1 Å². The van der Waals surface area contributed by atoms with Gasteiger partial charge in [0.15, 0.2) is 0 Å². The van der Waals surface area contributed by atoms with Crippen LogP contribution in [-0.4, -0.2) is 72.1 Å². The normalized spacial score (nSPS) is 20.4. The molecule has 8 nitrogen and oxygen atoms in total. The Kier molecular flexibility index (Phi) is 5.72. The van der Waals surface area contributed by atoms with E-state index in [9.17, 15) is 14.4 Å². The minimum Gasteiger partial charge on any atom is -0.481 e. The minimum absolute atomic E-state index is 0.0650. The van der Waals surface area contributed by atoms with Gasteiger partial charge in [-0.2, -0.15) is 0 Å². The monoisotopic (exact) mass is 360 g/mol. The summed E-state index contributed by atoms with van der Waals surface area (Å²) in [6, 6.07) is 7.54. The van der Waals surface area contributed by atoms with E-state index in [2.05, 4.69) is 10.6 Å². The number of carbonyl (C=O) groups excluding carboxylic acids is 2. The van der Waals surface area contributed by atoms with E-state index in [1.165, 1.54) is 0 Å². The average Bonchev–Trinajstić information content (AvgIpc) is 3.00. The smallest absolute Gasteiger partial charge is 0.318 e. The van der Waals surface area contributed by atoms with Gasteiger partial charge in [0.1, 0.15) is 0 Å². The third-order valence-electron chi connectivity index (χ3n) is 4.87. The molecule has 0 saturated carbocycles. The molecule has 0 aliphatic carbocycles. The van der Waals surface area contributed by atoms with Crippen LogP contribution in [0.1, 0.15) is 23.6 Å². The molecule has 2 aliphatic heterocycles. The average molecular weight is 360 g/mol. The topological polar surface area (TPSA) is 102 Å². The van der Waals surface area contributed by atoms with Gasteiger partial charge in [0.25, 0.3) is 0 Å². The molecule has 3 amide bonds. The maximum Gasteiger partial charge on any atom is 0.318 e. The number of carbonyl (C=O) groups is 3. The van der Waals surface area contributed by atoms with Gasteiger partial charge in [-0.15, -0.1) is 0 Å². The van der Waals surface area contributed by atoms with Gasteiger partial charge in [0.2, 0.25) is 5.91 Å². The van der Waals surface area contributed by atoms with Gasteiger partial charge < -0.3 is 25.5 Å². The predicted molar refractivity (Wildman–Crippen MR) is 94.7 cm³/mol. The maximum atomic E-state index is 12.2. The number of aryl methyl sites for hydroxylation is 1. The lowest BCUT2D eigenvalue weighted by Crippen LogP contribution is -2.50. The number of hydrogen-bond donors (Lipinski definition) is 3. The summed E-state index contributed by atoms with van der Waals surface area (Å²) in [7, 11) is 0. The highest BCUT2D eigenvalue weighted by molar-refractivity contribution is 5.79. The molecule has 0 radical (unpaired) electrons. The van der Waals surface area contributed by atoms with Crippen LogP contribution in [0.5, 0.6) is 0 Å². The van der Waals surface area contributed by atoms with Crippen molar-refractivity contribution in [1.29, 1.82) is 0 Å². The predicted octanol–water partition coefficient (Wildman–Crippen LogP) is 0.202. The Labute approximate surface area is 152 Å². The van der Waals surface area contributed by atoms with Crippen LogP contribution in [0.15, 0.2) is 24.3 Å². The number of nitrogens with one attached hydrogen (secondary N) is 2. The van der Waals surface area contributed by atoms with Crippen LogP contribution in [0.4, 0.5) is 4.79 Å². The van der Waals surface area contributed by atoms with Crippen molar-refractivity contribution in [3.05, 3.63) is 35.4 Å². The summed E-state index contributed by atoms with van der Waals surface area (Å²) in [6.07, 6.45) is 0.597. The second-order valence-electron chi connectivity index (χ2n) is 6.59. The fourth-order valence-electron chi connectivity index (χ4n) is 3.36. The van der Waals surface area contributed by atoms with E-state index >= 15 is 0 Å². The van der Waals surface area contributed by atoms with Gasteiger partial charge in [-0.05, 0) is 17.5 Å². The first kappa shape index (κ1) is 18.2. The summed E-state index contributed by atoms with van der Waals surface area (Å²) in [5.41, 5.74) is 1.97. The third-order valence-corrected chi connectivity index (χ3v) is 4.87. The van der Waals surface area contributed by atoms with Gasteiger partial charge >= 0.3 is 12.0 Å². The summed E-state index contributed by atoms with van der Waals surface area (Å²) >= 11 is 0. The lowest BCUT2D eigenvalue weighted by Gasteiger charge is -2.30. The van der Waals surface area contributed by atoms with Crippen molar-refractivity contribution >= 4 is 17.9 Å². The van der Waals surface area contributed by atoms with Crippen LogP contribution in [0.3, 0.4) is 0 Å². The number of aliphatic carboxylic acids is 1. The second kappa shape index (κ2) is 8.18. The fraction of sp³-hybridized carbons (Fsp3) is 0.500. The molecule has 1 atom stereocenters. The number of piperazine rings is 1. The van der Waals surface area contributed by atoms with Gasteiger partial charge in [-0.1, -0.05) is 24.3 Å². The molecule has 2 saturated heterocycles. The van der Waals surface area contributed by atoms with E-state index in [0.717, 1.165) is 17.7 Å². The highest BCUT2D eigenvalue weighted by atomic mass is 16.4. The first-order valence-corrected chi connectivity index (χ1v) is 8.88. The SMILES string of the molecule is O=C(O)CCc1ccc(C2CNC(=O)N2CCN2CCNCC2=O)cc1. The molecule has 3 N–H and O–H groups in total. The van der Waals surface area contributed by atoms with Gasteiger partial charge in [-0.25, -0.2) is 4.79 Å². The van der Waals surface area contributed by atoms with Crippen LogP contribution < -0.4 is 10.6 Å². The molecule has 8 heteroatoms. The molecule has 1 aromatic rings. The van der Waals surface area contributed by atoms with Gasteiger partial charge in [0, 0.05) is 39.1 Å². The number of hydrogen-bond acceptors (Lipinski definition) is 4. The molecular formula is C18H24N4O4. The molecule has 0 aromatic heterocycles. The number of carboxylic acids is 1. The minimum atomic E-state index is -0.812. The first-order chi connectivity index (χ1) is 12.5. The Balaban J connectivity index is 1.61. The van der Waals surface area contributed by atoms with Crippen molar-refractivity contribution in [1.82, 2.24) is 20.4 Å². The molecule has 2 aliphatic rings. The quantitative estimate of drug-likeness (QED) is 0.645. The van der Waals surface area contributed by atoms with Crippen LogP contribution in [0.2, 0.25) is 0 Å². The molecule has 26 heavy (non-hydrogen) atoms. The molecule has 140 valence electrons. The lowest BCUT2D eigenvalue weighted by molar-refractivity contribution is -0.137. The Bertz CT molecular complexity index is 676. The van der Waals surface area contributed by atoms with Crippen molar-refractivity contribution in [3.8, 4) is 0 Å². The van der Waals surface area contributed by atoms with Crippen molar-refractivity contribution in [2.75, 3.05) is 39.3 Å². The molecule has 1 aromatic carbocycles. The number of carboxylic acid groups (broad SMARTS) is 1. The standard InChI is InChI=1S/C18H24N4O4/c23-16-12-19-7-8-21(16)9-10-22-15(11-20-18(22)26)14-4-1-13(2-5-14)3-6-17(24)25/h1-2,4-5,15,19H,3,6-12H2,(H,20,26)(H,24,25). The number of nitrogens with zero attached hydrogens (tertiary/aromatic N) is 2. The molecular weight excluding hydrogens is 336 g/mol. The first-order valence-electron chi connectivity index (χ1n) is 8.88. The molecule has 0 bridgehead atoms. The summed E-state index contributed by atoms with van der Waals surface area (Å²) in [4.78, 5) is 38.3. The number of amides is 3. The van der Waals surface area contributed by atoms with Crippen molar-refractivity contribution in [2.24, 2.45) is 0 Å². The second-order valence-corrected chi connectivity index (χ2v) is 6.59. The Morgan fingerprint density at radius 1 is 1.19 bits per heavy atom. The van der Waals surface area contributed by atoms with Gasteiger partial charge in [0.05, 0.1) is 12.6 Å². The highest BCUT2D eigenvalue weighted by Gasteiger charge is 2.32. The Morgan fingerprint density at radius 2 is 1.96 bits per heavy atom. The van der Waals surface area contributed by atoms with E-state index in [-0.39, 0.29) is 24.4 Å². The molecule has 3 rings (SSSR count). The zero-order chi connectivity index (χ0) is 18.5. The van der Waals surface area contributed by atoms with Crippen molar-refractivity contribution < 1.29 is 19.5 Å². The molecule has 0 spiro atoms. The van der Waals surface area contributed by atoms with E-state index in [1.54, 1.807) is 9.80 Å². The third kappa shape index (κ3) is 4.32. The van der Waals surface area contributed by atoms with Crippen LogP contribution in [0, 0.1) is 0 Å². The Hall–Kier alpha value is -2.61. The lowest BCUT2D eigenvalue weighted by atomic mass is 10.0. The van der Waals surface area contributed by atoms with Crippen molar-refractivity contribution in [2.45, 2.75) is 18.9 Å². The number of rotatable bonds is 7. The van der Waals surface area contributed by atoms with Crippen LogP contribution in [0.25, 0.3) is 0 Å². The van der Waals surface area contributed by atoms with Crippen molar-refractivity contribution in [3.63, 3.8) is 0 Å². The van der Waals surface area contributed by atoms with Crippen LogP contribution >= 0.6 is 0 Å². The summed E-state index contributed by atoms with van der Waals surface area (Å²) in [5, 5.41) is 14.7. The maximum absolute atomic E-state index is 12.2. The highest BCUT2D eigenvalue weighted by Crippen LogP contribution is 2.25. The fourth-order valence-corrected chi connectivity index (χ4v) is 3.36. The summed E-state index contributed by atoms with van der Waals surface area (Å²) in [5.74, 6) is -0.747. The van der Waals surface area contributed by atoms with E-state index in [4.69, 9.17) is 5.11 Å².